The predicted octanol–water partition coefficient (Wildman–Crippen LogP) is 3.60. The zero-order chi connectivity index (χ0) is 19.6. The summed E-state index contributed by atoms with van der Waals surface area (Å²) in [5.41, 5.74) is 5.08. The van der Waals surface area contributed by atoms with Gasteiger partial charge in [-0.2, -0.15) is 0 Å². The first-order chi connectivity index (χ1) is 12.9. The third kappa shape index (κ3) is 3.97. The van der Waals surface area contributed by atoms with Gasteiger partial charge in [0.15, 0.2) is 0 Å². The minimum absolute atomic E-state index is 0.0760. The molecule has 1 atom stereocenters. The van der Waals surface area contributed by atoms with Crippen LogP contribution in [-0.2, 0) is 9.59 Å². The van der Waals surface area contributed by atoms with E-state index in [4.69, 9.17) is 4.74 Å². The van der Waals surface area contributed by atoms with Gasteiger partial charge >= 0.3 is 0 Å². The highest BCUT2D eigenvalue weighted by molar-refractivity contribution is 6.07. The van der Waals surface area contributed by atoms with Crippen LogP contribution in [0.15, 0.2) is 36.4 Å². The van der Waals surface area contributed by atoms with Gasteiger partial charge in [-0.3, -0.25) is 9.59 Å². The molecule has 0 radical (unpaired) electrons. The van der Waals surface area contributed by atoms with Crippen molar-refractivity contribution in [1.82, 2.24) is 5.32 Å². The van der Waals surface area contributed by atoms with Gasteiger partial charge in [0.1, 0.15) is 11.8 Å². The molecular formula is C22H26N2O3. The quantitative estimate of drug-likeness (QED) is 0.795. The van der Waals surface area contributed by atoms with E-state index < -0.39 is 6.04 Å². The Morgan fingerprint density at radius 3 is 2.41 bits per heavy atom. The summed E-state index contributed by atoms with van der Waals surface area (Å²) < 4.78 is 5.78. The van der Waals surface area contributed by atoms with Crippen molar-refractivity contribution in [1.29, 1.82) is 0 Å². The summed E-state index contributed by atoms with van der Waals surface area (Å²) in [5, 5.41) is 2.81. The van der Waals surface area contributed by atoms with Crippen LogP contribution < -0.4 is 15.0 Å². The van der Waals surface area contributed by atoms with Crippen molar-refractivity contribution in [2.24, 2.45) is 0 Å². The summed E-state index contributed by atoms with van der Waals surface area (Å²) >= 11 is 0. The van der Waals surface area contributed by atoms with Crippen molar-refractivity contribution in [3.63, 3.8) is 0 Å². The molecule has 1 N–H and O–H groups in total. The molecule has 0 bridgehead atoms. The molecule has 2 amide bonds. The standard InChI is InChI=1S/C22H26N2O3/c1-14-6-10-18(11-7-14)27-13-5-12-24-21-16(3)9-8-15(2)19(21)20(22(24)26)23-17(4)25/h6-11,20H,5,12-13H2,1-4H3,(H,23,25)/t20-/m0/s1. The monoisotopic (exact) mass is 366 g/mol. The number of benzene rings is 2. The maximum atomic E-state index is 13.0. The van der Waals surface area contributed by atoms with Gasteiger partial charge in [-0.1, -0.05) is 29.8 Å². The molecule has 2 aromatic rings. The Morgan fingerprint density at radius 1 is 1.07 bits per heavy atom. The van der Waals surface area contributed by atoms with Crippen LogP contribution in [0.3, 0.4) is 0 Å². The van der Waals surface area contributed by atoms with Crippen LogP contribution in [0, 0.1) is 20.8 Å². The number of nitrogens with zero attached hydrogens (tertiary/aromatic N) is 1. The van der Waals surface area contributed by atoms with Crippen LogP contribution in [0.4, 0.5) is 5.69 Å². The third-order valence-corrected chi connectivity index (χ3v) is 4.87. The van der Waals surface area contributed by atoms with Crippen molar-refractivity contribution in [2.75, 3.05) is 18.1 Å². The van der Waals surface area contributed by atoms with Crippen LogP contribution in [-0.4, -0.2) is 25.0 Å². The number of ether oxygens (including phenoxy) is 1. The second-order valence-electron chi connectivity index (χ2n) is 7.10. The summed E-state index contributed by atoms with van der Waals surface area (Å²) in [7, 11) is 0. The molecule has 5 heteroatoms. The van der Waals surface area contributed by atoms with Gasteiger partial charge in [0.2, 0.25) is 5.91 Å². The summed E-state index contributed by atoms with van der Waals surface area (Å²) in [6.07, 6.45) is 0.708. The van der Waals surface area contributed by atoms with E-state index in [1.54, 1.807) is 4.90 Å². The fourth-order valence-electron chi connectivity index (χ4n) is 3.54. The first-order valence-corrected chi connectivity index (χ1v) is 9.26. The Kier molecular flexibility index (Phi) is 5.49. The Balaban J connectivity index is 1.72. The largest absolute Gasteiger partial charge is 0.494 e. The van der Waals surface area contributed by atoms with Gasteiger partial charge in [-0.25, -0.2) is 0 Å². The average molecular weight is 366 g/mol. The topological polar surface area (TPSA) is 58.6 Å². The smallest absolute Gasteiger partial charge is 0.254 e. The zero-order valence-corrected chi connectivity index (χ0v) is 16.3. The summed E-state index contributed by atoms with van der Waals surface area (Å²) in [5.74, 6) is 0.551. The fourth-order valence-corrected chi connectivity index (χ4v) is 3.54. The molecule has 1 aliphatic heterocycles. The second-order valence-corrected chi connectivity index (χ2v) is 7.10. The molecule has 1 aliphatic rings. The summed E-state index contributed by atoms with van der Waals surface area (Å²) in [6.45, 7) is 8.53. The molecular weight excluding hydrogens is 340 g/mol. The van der Waals surface area contributed by atoms with Gasteiger partial charge in [-0.15, -0.1) is 0 Å². The normalized spacial score (nSPS) is 15.6. The Morgan fingerprint density at radius 2 is 1.74 bits per heavy atom. The van der Waals surface area contributed by atoms with Crippen LogP contribution in [0.1, 0.15) is 41.6 Å². The van der Waals surface area contributed by atoms with Gasteiger partial charge in [0, 0.05) is 19.0 Å². The number of anilines is 1. The lowest BCUT2D eigenvalue weighted by Crippen LogP contribution is -2.37. The number of amides is 2. The summed E-state index contributed by atoms with van der Waals surface area (Å²) in [4.78, 5) is 26.4. The second kappa shape index (κ2) is 7.82. The van der Waals surface area contributed by atoms with E-state index in [-0.39, 0.29) is 11.8 Å². The lowest BCUT2D eigenvalue weighted by molar-refractivity contribution is -0.126. The van der Waals surface area contributed by atoms with Crippen LogP contribution >= 0.6 is 0 Å². The zero-order valence-electron chi connectivity index (χ0n) is 16.3. The molecule has 0 saturated carbocycles. The number of carbonyl (C=O) groups excluding carboxylic acids is 2. The summed E-state index contributed by atoms with van der Waals surface area (Å²) in [6, 6.07) is 11.3. The highest BCUT2D eigenvalue weighted by Gasteiger charge is 2.39. The molecule has 0 unspecified atom stereocenters. The highest BCUT2D eigenvalue weighted by Crippen LogP contribution is 2.40. The fraction of sp³-hybridized carbons (Fsp3) is 0.364. The van der Waals surface area contributed by atoms with Gasteiger partial charge in [0.05, 0.1) is 12.3 Å². The number of rotatable bonds is 6. The van der Waals surface area contributed by atoms with E-state index in [2.05, 4.69) is 5.32 Å². The average Bonchev–Trinajstić information content (AvgIpc) is 2.90. The maximum absolute atomic E-state index is 13.0. The molecule has 27 heavy (non-hydrogen) atoms. The molecule has 0 spiro atoms. The molecule has 3 rings (SSSR count). The van der Waals surface area contributed by atoms with Crippen LogP contribution in [0.2, 0.25) is 0 Å². The van der Waals surface area contributed by atoms with E-state index in [0.717, 1.165) is 28.1 Å². The molecule has 0 aliphatic carbocycles. The first-order valence-electron chi connectivity index (χ1n) is 9.26. The molecule has 0 aromatic heterocycles. The van der Waals surface area contributed by atoms with Crippen LogP contribution in [0.5, 0.6) is 5.75 Å². The first kappa shape index (κ1) is 19.0. The van der Waals surface area contributed by atoms with Crippen molar-refractivity contribution < 1.29 is 14.3 Å². The molecule has 2 aromatic carbocycles. The van der Waals surface area contributed by atoms with Crippen molar-refractivity contribution in [2.45, 2.75) is 40.2 Å². The lowest BCUT2D eigenvalue weighted by Gasteiger charge is -2.20. The minimum atomic E-state index is -0.601. The Labute approximate surface area is 160 Å². The number of hydrogen-bond donors (Lipinski definition) is 1. The number of carbonyl (C=O) groups is 2. The Hall–Kier alpha value is -2.82. The molecule has 1 heterocycles. The number of nitrogens with one attached hydrogen (secondary N) is 1. The maximum Gasteiger partial charge on any atom is 0.254 e. The Bertz CT molecular complexity index is 859. The molecule has 0 saturated heterocycles. The molecule has 0 fully saturated rings. The third-order valence-electron chi connectivity index (χ3n) is 4.87. The predicted molar refractivity (Wildman–Crippen MR) is 106 cm³/mol. The highest BCUT2D eigenvalue weighted by atomic mass is 16.5. The van der Waals surface area contributed by atoms with Crippen molar-refractivity contribution >= 4 is 17.5 Å². The van der Waals surface area contributed by atoms with Gasteiger partial charge < -0.3 is 15.0 Å². The number of hydrogen-bond acceptors (Lipinski definition) is 3. The minimum Gasteiger partial charge on any atom is -0.494 e. The van der Waals surface area contributed by atoms with Gasteiger partial charge in [-0.05, 0) is 50.5 Å². The van der Waals surface area contributed by atoms with Crippen LogP contribution in [0.25, 0.3) is 0 Å². The molecule has 5 nitrogen and oxygen atoms in total. The van der Waals surface area contributed by atoms with E-state index in [1.807, 2.05) is 57.2 Å². The van der Waals surface area contributed by atoms with Crippen molar-refractivity contribution in [3.05, 3.63) is 58.7 Å². The van der Waals surface area contributed by atoms with E-state index >= 15 is 0 Å². The van der Waals surface area contributed by atoms with E-state index in [0.29, 0.717) is 19.6 Å². The lowest BCUT2D eigenvalue weighted by atomic mass is 9.99. The SMILES string of the molecule is CC(=O)N[C@@H]1C(=O)N(CCCOc2ccc(C)cc2)c2c(C)ccc(C)c21. The number of aryl methyl sites for hydroxylation is 3. The number of fused-ring (bicyclic) bond motifs is 1. The van der Waals surface area contributed by atoms with E-state index in [1.165, 1.54) is 12.5 Å². The molecule has 142 valence electrons. The van der Waals surface area contributed by atoms with Gasteiger partial charge in [0.25, 0.3) is 5.91 Å². The van der Waals surface area contributed by atoms with E-state index in [9.17, 15) is 9.59 Å². The van der Waals surface area contributed by atoms with Crippen molar-refractivity contribution in [3.8, 4) is 5.75 Å².